The van der Waals surface area contributed by atoms with Gasteiger partial charge >= 0.3 is 0 Å². The highest BCUT2D eigenvalue weighted by molar-refractivity contribution is 7.80. The van der Waals surface area contributed by atoms with Crippen LogP contribution in [-0.2, 0) is 0 Å². The molecule has 0 aliphatic rings. The molecule has 1 rings (SSSR count). The maximum atomic E-state index is 5.64. The zero-order chi connectivity index (χ0) is 11.4. The monoisotopic (exact) mass is 244 g/mol. The molecule has 1 atom stereocenters. The van der Waals surface area contributed by atoms with Gasteiger partial charge < -0.3 is 10.6 Å². The van der Waals surface area contributed by atoms with Crippen molar-refractivity contribution in [3.63, 3.8) is 0 Å². The quantitative estimate of drug-likeness (QED) is 0.814. The lowest BCUT2D eigenvalue weighted by molar-refractivity contribution is 0.729. The summed E-state index contributed by atoms with van der Waals surface area (Å²) in [5.74, 6) is 0.893. The largest absolute Gasteiger partial charge is 0.393 e. The third kappa shape index (κ3) is 3.60. The molecule has 0 spiro atoms. The molecule has 0 radical (unpaired) electrons. The highest BCUT2D eigenvalue weighted by Crippen LogP contribution is 2.11. The lowest BCUT2D eigenvalue weighted by atomic mass is 10.2. The van der Waals surface area contributed by atoms with Crippen LogP contribution in [0.4, 0.5) is 5.82 Å². The molecule has 0 aromatic carbocycles. The van der Waals surface area contributed by atoms with Crippen LogP contribution in [0.25, 0.3) is 0 Å². The number of hydrogen-bond donors (Lipinski definition) is 1. The van der Waals surface area contributed by atoms with Crippen molar-refractivity contribution in [1.29, 1.82) is 0 Å². The molecule has 0 aliphatic heterocycles. The van der Waals surface area contributed by atoms with Gasteiger partial charge in [-0.25, -0.2) is 0 Å². The van der Waals surface area contributed by atoms with E-state index in [0.717, 1.165) is 5.82 Å². The Kier molecular flexibility index (Phi) is 4.23. The number of nitrogens with zero attached hydrogens (tertiary/aromatic N) is 3. The Morgan fingerprint density at radius 1 is 1.60 bits per heavy atom. The molecule has 82 valence electrons. The van der Waals surface area contributed by atoms with Crippen LogP contribution >= 0.6 is 23.8 Å². The van der Waals surface area contributed by atoms with Gasteiger partial charge in [-0.3, -0.25) is 0 Å². The highest BCUT2D eigenvalue weighted by atomic mass is 35.5. The Morgan fingerprint density at radius 3 is 2.73 bits per heavy atom. The minimum absolute atomic E-state index is 0.141. The Labute approximate surface area is 99.4 Å². The first kappa shape index (κ1) is 12.1. The molecule has 0 amide bonds. The van der Waals surface area contributed by atoms with Gasteiger partial charge in [-0.05, 0) is 12.1 Å². The smallest absolute Gasteiger partial charge is 0.151 e. The van der Waals surface area contributed by atoms with Gasteiger partial charge in [0.25, 0.3) is 0 Å². The highest BCUT2D eigenvalue weighted by Gasteiger charge is 2.10. The normalized spacial score (nSPS) is 12.2. The number of hydrogen-bond acceptors (Lipinski definition) is 4. The number of rotatable bonds is 4. The van der Waals surface area contributed by atoms with E-state index in [1.165, 1.54) is 0 Å². The van der Waals surface area contributed by atoms with Crippen LogP contribution in [0.15, 0.2) is 12.1 Å². The zero-order valence-corrected chi connectivity index (χ0v) is 10.2. The minimum Gasteiger partial charge on any atom is -0.393 e. The van der Waals surface area contributed by atoms with Gasteiger partial charge in [-0.1, -0.05) is 30.7 Å². The van der Waals surface area contributed by atoms with Crippen molar-refractivity contribution >= 4 is 34.6 Å². The number of anilines is 1. The van der Waals surface area contributed by atoms with E-state index < -0.39 is 0 Å². The van der Waals surface area contributed by atoms with E-state index in [1.807, 2.05) is 24.9 Å². The summed E-state index contributed by atoms with van der Waals surface area (Å²) in [5, 5.41) is 8.10. The van der Waals surface area contributed by atoms with Crippen molar-refractivity contribution < 1.29 is 0 Å². The van der Waals surface area contributed by atoms with Gasteiger partial charge in [0.15, 0.2) is 11.0 Å². The van der Waals surface area contributed by atoms with Crippen molar-refractivity contribution in [3.05, 3.63) is 17.3 Å². The molecule has 0 saturated carbocycles. The Morgan fingerprint density at radius 2 is 2.27 bits per heavy atom. The standard InChI is InChI=1S/C9H13ClN4S/c1-6(9(11)15)5-14(2)8-4-3-7(10)12-13-8/h3-4,6H,5H2,1-2H3,(H2,11,15). The first-order valence-corrected chi connectivity index (χ1v) is 5.29. The van der Waals surface area contributed by atoms with Gasteiger partial charge in [-0.2, -0.15) is 0 Å². The molecule has 0 fully saturated rings. The van der Waals surface area contributed by atoms with Crippen LogP contribution in [0.1, 0.15) is 6.92 Å². The Bertz CT molecular complexity index is 340. The van der Waals surface area contributed by atoms with E-state index in [4.69, 9.17) is 29.6 Å². The average molecular weight is 245 g/mol. The number of aromatic nitrogens is 2. The lowest BCUT2D eigenvalue weighted by Crippen LogP contribution is -2.31. The molecule has 1 aromatic rings. The molecule has 1 aromatic heterocycles. The Hall–Kier alpha value is -0.940. The van der Waals surface area contributed by atoms with E-state index in [9.17, 15) is 0 Å². The third-order valence-electron chi connectivity index (χ3n) is 2.04. The topological polar surface area (TPSA) is 55.0 Å². The SMILES string of the molecule is CC(CN(C)c1ccc(Cl)nn1)C(N)=S. The van der Waals surface area contributed by atoms with Gasteiger partial charge in [0.2, 0.25) is 0 Å². The van der Waals surface area contributed by atoms with Gasteiger partial charge in [0, 0.05) is 19.5 Å². The molecule has 15 heavy (non-hydrogen) atoms. The molecule has 4 nitrogen and oxygen atoms in total. The second-order valence-corrected chi connectivity index (χ2v) is 4.26. The van der Waals surface area contributed by atoms with E-state index in [2.05, 4.69) is 10.2 Å². The van der Waals surface area contributed by atoms with E-state index in [1.54, 1.807) is 6.07 Å². The van der Waals surface area contributed by atoms with Crippen molar-refractivity contribution in [2.24, 2.45) is 11.7 Å². The summed E-state index contributed by atoms with van der Waals surface area (Å²) in [7, 11) is 1.91. The van der Waals surface area contributed by atoms with Crippen molar-refractivity contribution in [2.75, 3.05) is 18.5 Å². The summed E-state index contributed by atoms with van der Waals surface area (Å²) in [6.07, 6.45) is 0. The molecule has 0 bridgehead atoms. The Balaban J connectivity index is 2.64. The van der Waals surface area contributed by atoms with E-state index in [-0.39, 0.29) is 5.92 Å². The summed E-state index contributed by atoms with van der Waals surface area (Å²) in [4.78, 5) is 2.44. The number of halogens is 1. The fraction of sp³-hybridized carbons (Fsp3) is 0.444. The van der Waals surface area contributed by atoms with Gasteiger partial charge in [0.05, 0.1) is 4.99 Å². The molecule has 6 heteroatoms. The fourth-order valence-corrected chi connectivity index (χ4v) is 1.28. The maximum Gasteiger partial charge on any atom is 0.151 e. The molecule has 0 saturated heterocycles. The van der Waals surface area contributed by atoms with Crippen molar-refractivity contribution in [2.45, 2.75) is 6.92 Å². The summed E-state index contributed by atoms with van der Waals surface area (Å²) in [6, 6.07) is 3.51. The molecule has 0 aliphatic carbocycles. The van der Waals surface area contributed by atoms with Crippen LogP contribution in [0.2, 0.25) is 5.15 Å². The van der Waals surface area contributed by atoms with E-state index >= 15 is 0 Å². The lowest BCUT2D eigenvalue weighted by Gasteiger charge is -2.21. The molecule has 2 N–H and O–H groups in total. The van der Waals surface area contributed by atoms with Crippen molar-refractivity contribution in [1.82, 2.24) is 10.2 Å². The minimum atomic E-state index is 0.141. The van der Waals surface area contributed by atoms with Crippen LogP contribution < -0.4 is 10.6 Å². The van der Waals surface area contributed by atoms with Gasteiger partial charge in [0.1, 0.15) is 0 Å². The summed E-state index contributed by atoms with van der Waals surface area (Å²) in [5.41, 5.74) is 5.53. The maximum absolute atomic E-state index is 5.64. The van der Waals surface area contributed by atoms with Gasteiger partial charge in [-0.15, -0.1) is 10.2 Å². The van der Waals surface area contributed by atoms with Crippen LogP contribution in [0, 0.1) is 5.92 Å². The summed E-state index contributed by atoms with van der Waals surface area (Å²) in [6.45, 7) is 2.69. The van der Waals surface area contributed by atoms with Crippen molar-refractivity contribution in [3.8, 4) is 0 Å². The summed E-state index contributed by atoms with van der Waals surface area (Å²) >= 11 is 10.5. The molecular weight excluding hydrogens is 232 g/mol. The molecule has 1 heterocycles. The van der Waals surface area contributed by atoms with Crippen LogP contribution in [0.5, 0.6) is 0 Å². The second kappa shape index (κ2) is 5.23. The average Bonchev–Trinajstić information content (AvgIpc) is 2.18. The predicted octanol–water partition coefficient (Wildman–Crippen LogP) is 1.49. The number of nitrogens with two attached hydrogens (primary N) is 1. The fourth-order valence-electron chi connectivity index (χ4n) is 1.11. The van der Waals surface area contributed by atoms with E-state index in [0.29, 0.717) is 16.7 Å². The molecule has 1 unspecified atom stereocenters. The van der Waals surface area contributed by atoms with Crippen LogP contribution in [0.3, 0.4) is 0 Å². The number of thiocarbonyl (C=S) groups is 1. The first-order chi connectivity index (χ1) is 7.00. The summed E-state index contributed by atoms with van der Waals surface area (Å²) < 4.78 is 0. The predicted molar refractivity (Wildman–Crippen MR) is 66.3 cm³/mol. The zero-order valence-electron chi connectivity index (χ0n) is 8.64. The molecular formula is C9H13ClN4S. The second-order valence-electron chi connectivity index (χ2n) is 3.40. The van der Waals surface area contributed by atoms with Crippen LogP contribution in [-0.4, -0.2) is 28.8 Å². The first-order valence-electron chi connectivity index (χ1n) is 4.50. The third-order valence-corrected chi connectivity index (χ3v) is 2.65.